The molecule has 1 atom stereocenters. The summed E-state index contributed by atoms with van der Waals surface area (Å²) in [6.45, 7) is 12.9. The second-order valence-electron chi connectivity index (χ2n) is 11.8. The van der Waals surface area contributed by atoms with E-state index in [9.17, 15) is 8.42 Å². The normalized spacial score (nSPS) is 27.4. The van der Waals surface area contributed by atoms with Crippen molar-refractivity contribution in [2.45, 2.75) is 71.9 Å². The maximum Gasteiger partial charge on any atom is 0.265 e. The monoisotopic (exact) mass is 448 g/mol. The molecule has 31 heavy (non-hydrogen) atoms. The molecule has 0 aromatic heterocycles. The van der Waals surface area contributed by atoms with Gasteiger partial charge in [0.15, 0.2) is 0 Å². The molecule has 1 saturated heterocycles. The van der Waals surface area contributed by atoms with Crippen LogP contribution < -0.4 is 4.90 Å². The zero-order valence-corrected chi connectivity index (χ0v) is 20.7. The molecule has 0 bridgehead atoms. The topological polar surface area (TPSA) is 49.9 Å². The fraction of sp³-hybridized carbons (Fsp3) is 0.760. The molecule has 0 N–H and O–H groups in total. The first kappa shape index (κ1) is 23.1. The molecule has 3 aliphatic rings. The van der Waals surface area contributed by atoms with Crippen LogP contribution in [0.2, 0.25) is 0 Å². The molecule has 3 fully saturated rings. The highest BCUT2D eigenvalue weighted by atomic mass is 32.2. The molecule has 1 aromatic rings. The van der Waals surface area contributed by atoms with Crippen LogP contribution in [0, 0.1) is 16.7 Å². The fourth-order valence-electron chi connectivity index (χ4n) is 6.33. The second-order valence-corrected chi connectivity index (χ2v) is 13.4. The van der Waals surface area contributed by atoms with Crippen molar-refractivity contribution >= 4 is 15.8 Å². The summed E-state index contributed by atoms with van der Waals surface area (Å²) in [7, 11) is -3.51. The number of rotatable bonds is 6. The van der Waals surface area contributed by atoms with Gasteiger partial charge in [0.1, 0.15) is 6.23 Å². The van der Waals surface area contributed by atoms with Crippen LogP contribution in [0.5, 0.6) is 0 Å². The highest BCUT2D eigenvalue weighted by Crippen LogP contribution is 2.53. The molecule has 1 aromatic carbocycles. The molecule has 1 unspecified atom stereocenters. The molecule has 174 valence electrons. The Morgan fingerprint density at radius 1 is 1.03 bits per heavy atom. The molecule has 5 nitrogen and oxygen atoms in total. The van der Waals surface area contributed by atoms with E-state index in [2.05, 4.69) is 61.8 Å². The standard InChI is InChI=1S/C25H40N2O3S/c1-24(2)14-20(15-25(3,4)18-24)21-8-6-7-9-22(21)26-12-13-27(16-19-10-11-19)23(17-26)30-31(5,28)29/h6-9,19-20,23H,10-18H2,1-5H3. The van der Waals surface area contributed by atoms with Crippen molar-refractivity contribution in [3.05, 3.63) is 29.8 Å². The molecule has 1 heterocycles. The zero-order chi connectivity index (χ0) is 22.4. The quantitative estimate of drug-likeness (QED) is 0.583. The van der Waals surface area contributed by atoms with Crippen molar-refractivity contribution in [3.8, 4) is 0 Å². The van der Waals surface area contributed by atoms with Gasteiger partial charge in [0, 0.05) is 25.3 Å². The molecule has 6 heteroatoms. The third kappa shape index (κ3) is 6.02. The summed E-state index contributed by atoms with van der Waals surface area (Å²) < 4.78 is 29.5. The lowest BCUT2D eigenvalue weighted by molar-refractivity contribution is 0.0191. The van der Waals surface area contributed by atoms with E-state index < -0.39 is 16.3 Å². The third-order valence-electron chi connectivity index (χ3n) is 7.19. The summed E-state index contributed by atoms with van der Waals surface area (Å²) in [4.78, 5) is 4.61. The predicted octanol–water partition coefficient (Wildman–Crippen LogP) is 4.84. The summed E-state index contributed by atoms with van der Waals surface area (Å²) >= 11 is 0. The van der Waals surface area contributed by atoms with E-state index in [1.54, 1.807) is 0 Å². The predicted molar refractivity (Wildman–Crippen MR) is 127 cm³/mol. The summed E-state index contributed by atoms with van der Waals surface area (Å²) in [5, 5.41) is 0. The fourth-order valence-corrected chi connectivity index (χ4v) is 6.91. The average Bonchev–Trinajstić information content (AvgIpc) is 3.43. The van der Waals surface area contributed by atoms with Gasteiger partial charge in [0.2, 0.25) is 0 Å². The van der Waals surface area contributed by atoms with Crippen molar-refractivity contribution in [1.82, 2.24) is 4.90 Å². The number of benzene rings is 1. The number of para-hydroxylation sites is 1. The Morgan fingerprint density at radius 2 is 1.68 bits per heavy atom. The lowest BCUT2D eigenvalue weighted by Gasteiger charge is -2.47. The Hall–Kier alpha value is -1.11. The Labute approximate surface area is 189 Å². The van der Waals surface area contributed by atoms with Crippen molar-refractivity contribution < 1.29 is 12.6 Å². The van der Waals surface area contributed by atoms with Gasteiger partial charge < -0.3 is 4.90 Å². The molecule has 0 radical (unpaired) electrons. The molecular weight excluding hydrogens is 408 g/mol. The Kier molecular flexibility index (Phi) is 6.21. The van der Waals surface area contributed by atoms with Crippen LogP contribution in [0.4, 0.5) is 5.69 Å². The number of hydrogen-bond acceptors (Lipinski definition) is 5. The van der Waals surface area contributed by atoms with Gasteiger partial charge in [-0.3, -0.25) is 4.90 Å². The lowest BCUT2D eigenvalue weighted by atomic mass is 9.60. The van der Waals surface area contributed by atoms with Crippen LogP contribution in [-0.2, 0) is 14.3 Å². The number of hydrogen-bond donors (Lipinski definition) is 0. The molecule has 4 rings (SSSR count). The van der Waals surface area contributed by atoms with Crippen LogP contribution in [0.1, 0.15) is 71.3 Å². The van der Waals surface area contributed by atoms with E-state index in [0.29, 0.717) is 29.2 Å². The second kappa shape index (κ2) is 8.35. The molecule has 0 spiro atoms. The van der Waals surface area contributed by atoms with Gasteiger partial charge in [-0.05, 0) is 66.4 Å². The molecule has 2 saturated carbocycles. The maximum absolute atomic E-state index is 12.0. The number of nitrogens with zero attached hydrogens (tertiary/aromatic N) is 2. The smallest absolute Gasteiger partial charge is 0.265 e. The van der Waals surface area contributed by atoms with Crippen LogP contribution in [0.15, 0.2) is 24.3 Å². The van der Waals surface area contributed by atoms with E-state index in [4.69, 9.17) is 4.18 Å². The number of piperazine rings is 1. The van der Waals surface area contributed by atoms with Gasteiger partial charge in [-0.15, -0.1) is 0 Å². The maximum atomic E-state index is 12.0. The van der Waals surface area contributed by atoms with Gasteiger partial charge in [-0.25, -0.2) is 4.18 Å². The van der Waals surface area contributed by atoms with Gasteiger partial charge in [0.25, 0.3) is 10.1 Å². The first-order valence-corrected chi connectivity index (χ1v) is 13.7. The first-order valence-electron chi connectivity index (χ1n) is 11.9. The Balaban J connectivity index is 1.58. The van der Waals surface area contributed by atoms with Crippen LogP contribution in [0.25, 0.3) is 0 Å². The minimum Gasteiger partial charge on any atom is -0.366 e. The van der Waals surface area contributed by atoms with E-state index >= 15 is 0 Å². The summed E-state index contributed by atoms with van der Waals surface area (Å²) in [6, 6.07) is 8.78. The van der Waals surface area contributed by atoms with Crippen LogP contribution in [-0.4, -0.2) is 52.0 Å². The van der Waals surface area contributed by atoms with Gasteiger partial charge >= 0.3 is 0 Å². The van der Waals surface area contributed by atoms with Crippen LogP contribution in [0.3, 0.4) is 0 Å². The highest BCUT2D eigenvalue weighted by molar-refractivity contribution is 7.86. The first-order chi connectivity index (χ1) is 14.4. The molecule has 2 aliphatic carbocycles. The van der Waals surface area contributed by atoms with Gasteiger partial charge in [-0.2, -0.15) is 8.42 Å². The minimum absolute atomic E-state index is 0.324. The molecule has 1 aliphatic heterocycles. The Bertz CT molecular complexity index is 876. The van der Waals surface area contributed by atoms with E-state index in [-0.39, 0.29) is 0 Å². The van der Waals surface area contributed by atoms with E-state index in [0.717, 1.165) is 19.6 Å². The van der Waals surface area contributed by atoms with Crippen molar-refractivity contribution in [3.63, 3.8) is 0 Å². The van der Waals surface area contributed by atoms with Crippen molar-refractivity contribution in [2.24, 2.45) is 16.7 Å². The minimum atomic E-state index is -3.51. The van der Waals surface area contributed by atoms with Crippen molar-refractivity contribution in [2.75, 3.05) is 37.3 Å². The number of anilines is 1. The van der Waals surface area contributed by atoms with Gasteiger partial charge in [-0.1, -0.05) is 45.9 Å². The largest absolute Gasteiger partial charge is 0.366 e. The third-order valence-corrected chi connectivity index (χ3v) is 7.76. The SMILES string of the molecule is CC1(C)CC(c2ccccc2N2CCN(CC3CC3)C(OS(C)(=O)=O)C2)CC(C)(C)C1. The van der Waals surface area contributed by atoms with E-state index in [1.165, 1.54) is 49.6 Å². The zero-order valence-electron chi connectivity index (χ0n) is 19.9. The highest BCUT2D eigenvalue weighted by Gasteiger charge is 2.40. The summed E-state index contributed by atoms with van der Waals surface area (Å²) in [5.74, 6) is 1.23. The lowest BCUT2D eigenvalue weighted by Crippen LogP contribution is -2.55. The molecule has 0 amide bonds. The Morgan fingerprint density at radius 3 is 2.29 bits per heavy atom. The average molecular weight is 449 g/mol. The summed E-state index contributed by atoms with van der Waals surface area (Å²) in [5.41, 5.74) is 3.32. The van der Waals surface area contributed by atoms with Crippen molar-refractivity contribution in [1.29, 1.82) is 0 Å². The summed E-state index contributed by atoms with van der Waals surface area (Å²) in [6.07, 6.45) is 6.90. The molecular formula is C25H40N2O3S. The van der Waals surface area contributed by atoms with E-state index in [1.807, 2.05) is 0 Å². The van der Waals surface area contributed by atoms with Gasteiger partial charge in [0.05, 0.1) is 12.8 Å². The van der Waals surface area contributed by atoms with Crippen LogP contribution >= 0.6 is 0 Å².